The molecule has 2 N–H and O–H groups in total. The van der Waals surface area contributed by atoms with Gasteiger partial charge >= 0.3 is 0 Å². The number of hydrogen-bond acceptors (Lipinski definition) is 8. The molecule has 1 saturated heterocycles. The number of nitrogens with zero attached hydrogens (tertiary/aromatic N) is 5. The summed E-state index contributed by atoms with van der Waals surface area (Å²) in [5, 5.41) is 3.15. The number of pyridine rings is 1. The van der Waals surface area contributed by atoms with E-state index in [1.54, 1.807) is 69.9 Å². The van der Waals surface area contributed by atoms with E-state index in [2.05, 4.69) is 25.3 Å². The van der Waals surface area contributed by atoms with Gasteiger partial charge in [0, 0.05) is 43.9 Å². The Morgan fingerprint density at radius 2 is 1.76 bits per heavy atom. The lowest BCUT2D eigenvalue weighted by molar-refractivity contribution is -0.233. The van der Waals surface area contributed by atoms with Gasteiger partial charge in [0.1, 0.15) is 5.82 Å². The monoisotopic (exact) mass is 503 g/mol. The third-order valence-corrected chi connectivity index (χ3v) is 5.94. The standard InChI is InChI=1S/C26H26FN7O3/c1-26(24(35)34(2)3)14-36-23(37-15-26)22-32-20(16-4-6-17(27)7-5-16)21(33-22)19-10-13-29-25(31-19)30-18-8-11-28-12-9-18/h4-13,23H,14-15H2,1-3H3,(H,32,33)(H,28,29,30,31). The molecule has 37 heavy (non-hydrogen) atoms. The Bertz CT molecular complexity index is 1390. The van der Waals surface area contributed by atoms with Crippen LogP contribution >= 0.6 is 0 Å². The molecule has 1 aliphatic heterocycles. The number of carbonyl (C=O) groups is 1. The first-order valence-electron chi connectivity index (χ1n) is 11.6. The first-order valence-corrected chi connectivity index (χ1v) is 11.6. The van der Waals surface area contributed by atoms with Crippen LogP contribution < -0.4 is 5.32 Å². The van der Waals surface area contributed by atoms with E-state index in [-0.39, 0.29) is 24.9 Å². The van der Waals surface area contributed by atoms with Gasteiger partial charge in [0.25, 0.3) is 0 Å². The zero-order valence-corrected chi connectivity index (χ0v) is 20.6. The van der Waals surface area contributed by atoms with Crippen molar-refractivity contribution in [2.75, 3.05) is 32.6 Å². The normalized spacial score (nSPS) is 19.4. The molecular weight excluding hydrogens is 477 g/mol. The number of benzene rings is 1. The molecule has 1 aliphatic rings. The maximum atomic E-state index is 13.6. The number of aromatic nitrogens is 5. The molecule has 3 aromatic heterocycles. The molecule has 10 nitrogen and oxygen atoms in total. The fourth-order valence-electron chi connectivity index (χ4n) is 4.06. The third-order valence-electron chi connectivity index (χ3n) is 5.94. The number of carbonyl (C=O) groups excluding carboxylic acids is 1. The average Bonchev–Trinajstić information content (AvgIpc) is 3.35. The van der Waals surface area contributed by atoms with Crippen molar-refractivity contribution in [3.8, 4) is 22.6 Å². The van der Waals surface area contributed by atoms with Crippen molar-refractivity contribution in [3.63, 3.8) is 0 Å². The lowest BCUT2D eigenvalue weighted by atomic mass is 9.90. The van der Waals surface area contributed by atoms with Crippen LogP contribution in [0.3, 0.4) is 0 Å². The van der Waals surface area contributed by atoms with Gasteiger partial charge in [0.15, 0.2) is 5.82 Å². The summed E-state index contributed by atoms with van der Waals surface area (Å²) < 4.78 is 25.5. The second kappa shape index (κ2) is 10.0. The Morgan fingerprint density at radius 3 is 2.43 bits per heavy atom. The van der Waals surface area contributed by atoms with Crippen LogP contribution in [0.15, 0.2) is 61.1 Å². The Balaban J connectivity index is 1.47. The average molecular weight is 504 g/mol. The fourth-order valence-corrected chi connectivity index (χ4v) is 4.06. The summed E-state index contributed by atoms with van der Waals surface area (Å²) in [6, 6.07) is 11.4. The Hall–Kier alpha value is -4.22. The Labute approximate surface area is 212 Å². The Kier molecular flexibility index (Phi) is 6.64. The lowest BCUT2D eigenvalue weighted by Crippen LogP contribution is -2.48. The molecule has 0 bridgehead atoms. The highest BCUT2D eigenvalue weighted by atomic mass is 19.1. The molecule has 190 valence electrons. The van der Waals surface area contributed by atoms with Gasteiger partial charge in [-0.1, -0.05) is 0 Å². The van der Waals surface area contributed by atoms with E-state index in [1.165, 1.54) is 17.0 Å². The van der Waals surface area contributed by atoms with E-state index < -0.39 is 11.7 Å². The second-order valence-electron chi connectivity index (χ2n) is 9.19. The number of rotatable bonds is 6. The van der Waals surface area contributed by atoms with Crippen molar-refractivity contribution in [2.24, 2.45) is 5.41 Å². The zero-order valence-electron chi connectivity index (χ0n) is 20.6. The molecule has 0 radical (unpaired) electrons. The maximum Gasteiger partial charge on any atom is 0.232 e. The highest BCUT2D eigenvalue weighted by Crippen LogP contribution is 2.36. The molecule has 1 fully saturated rings. The van der Waals surface area contributed by atoms with Gasteiger partial charge < -0.3 is 24.7 Å². The van der Waals surface area contributed by atoms with E-state index in [0.717, 1.165) is 5.69 Å². The summed E-state index contributed by atoms with van der Waals surface area (Å²) in [6.45, 7) is 2.15. The van der Waals surface area contributed by atoms with Gasteiger partial charge in [-0.2, -0.15) is 0 Å². The van der Waals surface area contributed by atoms with Crippen molar-refractivity contribution in [3.05, 3.63) is 72.7 Å². The summed E-state index contributed by atoms with van der Waals surface area (Å²) in [6.07, 6.45) is 4.15. The molecule has 1 aromatic carbocycles. The van der Waals surface area contributed by atoms with Gasteiger partial charge in [-0.25, -0.2) is 19.3 Å². The summed E-state index contributed by atoms with van der Waals surface area (Å²) in [7, 11) is 3.40. The van der Waals surface area contributed by atoms with E-state index >= 15 is 0 Å². The summed E-state index contributed by atoms with van der Waals surface area (Å²) >= 11 is 0. The molecule has 4 aromatic rings. The highest BCUT2D eigenvalue weighted by Gasteiger charge is 2.41. The van der Waals surface area contributed by atoms with Crippen LogP contribution in [0.2, 0.25) is 0 Å². The van der Waals surface area contributed by atoms with Crippen molar-refractivity contribution in [1.82, 2.24) is 29.8 Å². The first-order chi connectivity index (χ1) is 17.8. The van der Waals surface area contributed by atoms with Crippen LogP contribution in [0.5, 0.6) is 0 Å². The van der Waals surface area contributed by atoms with Gasteiger partial charge in [0.05, 0.1) is 35.7 Å². The minimum absolute atomic E-state index is 0.0757. The van der Waals surface area contributed by atoms with E-state index in [9.17, 15) is 9.18 Å². The number of imidazole rings is 1. The van der Waals surface area contributed by atoms with Crippen LogP contribution in [0.1, 0.15) is 19.0 Å². The second-order valence-corrected chi connectivity index (χ2v) is 9.19. The van der Waals surface area contributed by atoms with Crippen molar-refractivity contribution >= 4 is 17.5 Å². The third kappa shape index (κ3) is 5.18. The molecule has 0 aliphatic carbocycles. The van der Waals surface area contributed by atoms with Crippen LogP contribution in [0, 0.1) is 11.2 Å². The molecule has 4 heterocycles. The summed E-state index contributed by atoms with van der Waals surface area (Å²) in [4.78, 5) is 35.1. The van der Waals surface area contributed by atoms with E-state index in [4.69, 9.17) is 14.5 Å². The number of ether oxygens (including phenoxy) is 2. The molecule has 0 unspecified atom stereocenters. The van der Waals surface area contributed by atoms with E-state index in [1.807, 2.05) is 0 Å². The Morgan fingerprint density at radius 1 is 1.05 bits per heavy atom. The minimum atomic E-state index is -0.813. The minimum Gasteiger partial charge on any atom is -0.348 e. The number of hydrogen-bond donors (Lipinski definition) is 2. The SMILES string of the molecule is CN(C)C(=O)C1(C)COC(c2nc(-c3ccc(F)cc3)c(-c3ccnc(Nc4ccncc4)n3)[nH]2)OC1. The predicted octanol–water partition coefficient (Wildman–Crippen LogP) is 3.95. The van der Waals surface area contributed by atoms with Crippen molar-refractivity contribution in [2.45, 2.75) is 13.2 Å². The number of halogens is 1. The molecule has 1 amide bonds. The number of H-pyrrole nitrogens is 1. The van der Waals surface area contributed by atoms with Crippen molar-refractivity contribution < 1.29 is 18.7 Å². The van der Waals surface area contributed by atoms with Gasteiger partial charge in [-0.05, 0) is 49.4 Å². The molecule has 0 atom stereocenters. The van der Waals surface area contributed by atoms with Crippen LogP contribution in [0.4, 0.5) is 16.0 Å². The summed E-state index contributed by atoms with van der Waals surface area (Å²) in [5.74, 6) is 0.369. The number of amides is 1. The topological polar surface area (TPSA) is 118 Å². The molecule has 0 saturated carbocycles. The fraction of sp³-hybridized carbons (Fsp3) is 0.269. The number of nitrogens with one attached hydrogen (secondary N) is 2. The van der Waals surface area contributed by atoms with E-state index in [0.29, 0.717) is 34.4 Å². The lowest BCUT2D eigenvalue weighted by Gasteiger charge is -2.36. The molecule has 11 heteroatoms. The molecule has 5 rings (SSSR count). The largest absolute Gasteiger partial charge is 0.348 e. The number of anilines is 2. The zero-order chi connectivity index (χ0) is 26.0. The summed E-state index contributed by atoms with van der Waals surface area (Å²) in [5.41, 5.74) is 2.38. The molecular formula is C26H26FN7O3. The van der Waals surface area contributed by atoms with Gasteiger partial charge in [0.2, 0.25) is 18.1 Å². The van der Waals surface area contributed by atoms with Gasteiger partial charge in [-0.15, -0.1) is 0 Å². The quantitative estimate of drug-likeness (QED) is 0.406. The number of aromatic amines is 1. The first kappa shape index (κ1) is 24.5. The smallest absolute Gasteiger partial charge is 0.232 e. The van der Waals surface area contributed by atoms with Crippen molar-refractivity contribution in [1.29, 1.82) is 0 Å². The van der Waals surface area contributed by atoms with Gasteiger partial charge in [-0.3, -0.25) is 9.78 Å². The predicted molar refractivity (Wildman–Crippen MR) is 134 cm³/mol. The van der Waals surface area contributed by atoms with Crippen LogP contribution in [0.25, 0.3) is 22.6 Å². The van der Waals surface area contributed by atoms with Crippen LogP contribution in [-0.4, -0.2) is 63.0 Å². The van der Waals surface area contributed by atoms with Crippen LogP contribution in [-0.2, 0) is 14.3 Å². The highest BCUT2D eigenvalue weighted by molar-refractivity contribution is 5.82. The maximum absolute atomic E-state index is 13.6. The molecule has 0 spiro atoms.